The Morgan fingerprint density at radius 2 is 2.08 bits per heavy atom. The van der Waals surface area contributed by atoms with Crippen molar-refractivity contribution in [2.75, 3.05) is 7.05 Å². The number of thiophene rings is 1. The third kappa shape index (κ3) is 3.76. The van der Waals surface area contributed by atoms with Crippen LogP contribution >= 0.6 is 11.3 Å². The molecule has 2 atom stereocenters. The number of carbonyl (C=O) groups is 1. The first-order valence-corrected chi connectivity index (χ1v) is 9.95. The summed E-state index contributed by atoms with van der Waals surface area (Å²) in [5.41, 5.74) is 0.924. The molecule has 2 aliphatic heterocycles. The summed E-state index contributed by atoms with van der Waals surface area (Å²) in [6, 6.07) is 9.43. The SMILES string of the molecule is CN1C2CCC1CC(NC(=O)c1cc(COc3cccc(F)c3)cs1)C2. The predicted octanol–water partition coefficient (Wildman–Crippen LogP) is 3.82. The third-order valence-electron chi connectivity index (χ3n) is 5.51. The van der Waals surface area contributed by atoms with Crippen molar-refractivity contribution < 1.29 is 13.9 Å². The number of ether oxygens (including phenoxy) is 1. The summed E-state index contributed by atoms with van der Waals surface area (Å²) in [6.07, 6.45) is 4.57. The molecule has 0 radical (unpaired) electrons. The monoisotopic (exact) mass is 374 g/mol. The van der Waals surface area contributed by atoms with Crippen LogP contribution in [0.15, 0.2) is 35.7 Å². The molecule has 1 amide bonds. The number of piperidine rings is 1. The molecule has 26 heavy (non-hydrogen) atoms. The maximum atomic E-state index is 13.2. The summed E-state index contributed by atoms with van der Waals surface area (Å²) in [6.45, 7) is 0.325. The Bertz CT molecular complexity index is 780. The number of hydrogen-bond acceptors (Lipinski definition) is 4. The number of carbonyl (C=O) groups excluding carboxylic acids is 1. The van der Waals surface area contributed by atoms with E-state index in [0.29, 0.717) is 29.3 Å². The number of halogens is 1. The average molecular weight is 374 g/mol. The van der Waals surface area contributed by atoms with E-state index in [9.17, 15) is 9.18 Å². The molecule has 0 aliphatic carbocycles. The lowest BCUT2D eigenvalue weighted by molar-refractivity contribution is 0.0886. The van der Waals surface area contributed by atoms with Crippen molar-refractivity contribution in [3.05, 3.63) is 52.0 Å². The van der Waals surface area contributed by atoms with E-state index in [1.54, 1.807) is 12.1 Å². The Labute approximate surface area is 157 Å². The Hall–Kier alpha value is -1.92. The van der Waals surface area contributed by atoms with Gasteiger partial charge < -0.3 is 15.0 Å². The van der Waals surface area contributed by atoms with Crippen molar-refractivity contribution in [1.29, 1.82) is 0 Å². The minimum atomic E-state index is -0.319. The molecule has 1 N–H and O–H groups in total. The summed E-state index contributed by atoms with van der Waals surface area (Å²) < 4.78 is 18.8. The Balaban J connectivity index is 1.32. The molecule has 2 aliphatic rings. The van der Waals surface area contributed by atoms with E-state index in [-0.39, 0.29) is 17.8 Å². The van der Waals surface area contributed by atoms with Crippen LogP contribution in [-0.4, -0.2) is 36.0 Å². The molecule has 1 aromatic heterocycles. The zero-order valence-electron chi connectivity index (χ0n) is 14.8. The van der Waals surface area contributed by atoms with Gasteiger partial charge >= 0.3 is 0 Å². The van der Waals surface area contributed by atoms with Crippen molar-refractivity contribution in [2.45, 2.75) is 50.4 Å². The molecule has 4 rings (SSSR count). The maximum Gasteiger partial charge on any atom is 0.261 e. The fourth-order valence-electron chi connectivity index (χ4n) is 4.08. The molecule has 2 saturated heterocycles. The lowest BCUT2D eigenvalue weighted by Crippen LogP contribution is -2.48. The molecular weight excluding hydrogens is 351 g/mol. The van der Waals surface area contributed by atoms with Gasteiger partial charge in [0.25, 0.3) is 5.91 Å². The Kier molecular flexibility index (Phi) is 4.96. The molecule has 1 aromatic carbocycles. The smallest absolute Gasteiger partial charge is 0.261 e. The average Bonchev–Trinajstić information content (AvgIpc) is 3.16. The van der Waals surface area contributed by atoms with E-state index in [1.807, 2.05) is 11.4 Å². The van der Waals surface area contributed by atoms with Crippen LogP contribution in [0.5, 0.6) is 5.75 Å². The zero-order chi connectivity index (χ0) is 18.1. The lowest BCUT2D eigenvalue weighted by atomic mass is 9.98. The topological polar surface area (TPSA) is 41.6 Å². The number of nitrogens with one attached hydrogen (secondary N) is 1. The number of fused-ring (bicyclic) bond motifs is 2. The van der Waals surface area contributed by atoms with E-state index in [1.165, 1.54) is 36.3 Å². The van der Waals surface area contributed by atoms with Crippen molar-refractivity contribution >= 4 is 17.2 Å². The van der Waals surface area contributed by atoms with Gasteiger partial charge in [0.15, 0.2) is 0 Å². The molecule has 4 nitrogen and oxygen atoms in total. The standard InChI is InChI=1S/C20H23FN2O2S/c1-23-16-5-6-17(23)10-15(9-16)22-20(24)19-7-13(12-26-19)11-25-18-4-2-3-14(21)8-18/h2-4,7-8,12,15-17H,5-6,9-11H2,1H3,(H,22,24). The van der Waals surface area contributed by atoms with Crippen LogP contribution in [-0.2, 0) is 6.61 Å². The second kappa shape index (κ2) is 7.37. The van der Waals surface area contributed by atoms with E-state index in [4.69, 9.17) is 4.74 Å². The largest absolute Gasteiger partial charge is 0.489 e. The van der Waals surface area contributed by atoms with E-state index >= 15 is 0 Å². The van der Waals surface area contributed by atoms with Gasteiger partial charge in [0, 0.05) is 29.8 Å². The van der Waals surface area contributed by atoms with E-state index < -0.39 is 0 Å². The van der Waals surface area contributed by atoms with Crippen LogP contribution in [0.1, 0.15) is 40.9 Å². The van der Waals surface area contributed by atoms with Crippen LogP contribution in [0.3, 0.4) is 0 Å². The highest BCUT2D eigenvalue weighted by atomic mass is 32.1. The molecule has 2 aromatic rings. The molecule has 0 saturated carbocycles. The van der Waals surface area contributed by atoms with Crippen molar-refractivity contribution in [3.63, 3.8) is 0 Å². The second-order valence-corrected chi connectivity index (χ2v) is 8.17. The first-order chi connectivity index (χ1) is 12.6. The number of hydrogen-bond donors (Lipinski definition) is 1. The van der Waals surface area contributed by atoms with Crippen LogP contribution in [0.25, 0.3) is 0 Å². The molecule has 6 heteroatoms. The quantitative estimate of drug-likeness (QED) is 0.865. The number of amides is 1. The predicted molar refractivity (Wildman–Crippen MR) is 100 cm³/mol. The van der Waals surface area contributed by atoms with Crippen LogP contribution in [0.2, 0.25) is 0 Å². The second-order valence-electron chi connectivity index (χ2n) is 7.26. The Morgan fingerprint density at radius 3 is 2.81 bits per heavy atom. The van der Waals surface area contributed by atoms with Crippen molar-refractivity contribution in [3.8, 4) is 5.75 Å². The molecule has 2 fully saturated rings. The fourth-order valence-corrected chi connectivity index (χ4v) is 4.88. The zero-order valence-corrected chi connectivity index (χ0v) is 15.6. The maximum absolute atomic E-state index is 13.2. The highest BCUT2D eigenvalue weighted by Crippen LogP contribution is 2.34. The van der Waals surface area contributed by atoms with Crippen molar-refractivity contribution in [2.24, 2.45) is 0 Å². The Morgan fingerprint density at radius 1 is 1.31 bits per heavy atom. The van der Waals surface area contributed by atoms with E-state index in [0.717, 1.165) is 18.4 Å². The van der Waals surface area contributed by atoms with Gasteiger partial charge in [-0.3, -0.25) is 4.79 Å². The first kappa shape index (κ1) is 17.5. The van der Waals surface area contributed by atoms with Crippen LogP contribution < -0.4 is 10.1 Å². The summed E-state index contributed by atoms with van der Waals surface area (Å²) in [5, 5.41) is 5.13. The normalized spacial score (nSPS) is 25.2. The minimum absolute atomic E-state index is 0.000888. The minimum Gasteiger partial charge on any atom is -0.489 e. The summed E-state index contributed by atoms with van der Waals surface area (Å²) in [5.74, 6) is 0.171. The van der Waals surface area contributed by atoms with E-state index in [2.05, 4.69) is 17.3 Å². The molecule has 0 spiro atoms. The number of benzene rings is 1. The molecular formula is C20H23FN2O2S. The van der Waals surface area contributed by atoms with Crippen LogP contribution in [0, 0.1) is 5.82 Å². The summed E-state index contributed by atoms with van der Waals surface area (Å²) >= 11 is 1.43. The molecule has 3 heterocycles. The lowest BCUT2D eigenvalue weighted by Gasteiger charge is -2.36. The highest BCUT2D eigenvalue weighted by molar-refractivity contribution is 7.12. The first-order valence-electron chi connectivity index (χ1n) is 9.07. The molecule has 2 bridgehead atoms. The van der Waals surface area contributed by atoms with Gasteiger partial charge in [0.2, 0.25) is 0 Å². The van der Waals surface area contributed by atoms with Gasteiger partial charge in [-0.25, -0.2) is 4.39 Å². The molecule has 138 valence electrons. The van der Waals surface area contributed by atoms with Gasteiger partial charge in [-0.1, -0.05) is 6.07 Å². The van der Waals surface area contributed by atoms with Gasteiger partial charge in [0.05, 0.1) is 4.88 Å². The van der Waals surface area contributed by atoms with Gasteiger partial charge in [0.1, 0.15) is 18.2 Å². The number of nitrogens with zero attached hydrogens (tertiary/aromatic N) is 1. The van der Waals surface area contributed by atoms with Gasteiger partial charge in [-0.15, -0.1) is 11.3 Å². The van der Waals surface area contributed by atoms with Gasteiger partial charge in [-0.2, -0.15) is 0 Å². The number of rotatable bonds is 5. The summed E-state index contributed by atoms with van der Waals surface area (Å²) in [7, 11) is 2.20. The molecule has 2 unspecified atom stereocenters. The third-order valence-corrected chi connectivity index (χ3v) is 6.49. The highest BCUT2D eigenvalue weighted by Gasteiger charge is 2.38. The van der Waals surface area contributed by atoms with Crippen molar-refractivity contribution in [1.82, 2.24) is 10.2 Å². The fraction of sp³-hybridized carbons (Fsp3) is 0.450. The van der Waals surface area contributed by atoms with Crippen LogP contribution in [0.4, 0.5) is 4.39 Å². The summed E-state index contributed by atoms with van der Waals surface area (Å²) in [4.78, 5) is 15.7. The van der Waals surface area contributed by atoms with Gasteiger partial charge in [-0.05, 0) is 56.3 Å².